The van der Waals surface area contributed by atoms with Gasteiger partial charge in [0.25, 0.3) is 0 Å². The third-order valence-electron chi connectivity index (χ3n) is 4.25. The molecule has 4 rings (SSSR count). The lowest BCUT2D eigenvalue weighted by Crippen LogP contribution is -2.40. The third kappa shape index (κ3) is 4.24. The van der Waals surface area contributed by atoms with E-state index in [-0.39, 0.29) is 24.8 Å². The largest absolute Gasteiger partial charge is 0.350 e. The molecular formula is C20H16BrN3O2S2. The summed E-state index contributed by atoms with van der Waals surface area (Å²) in [5, 5.41) is 4.86. The summed E-state index contributed by atoms with van der Waals surface area (Å²) in [7, 11) is 0. The zero-order chi connectivity index (χ0) is 19.5. The number of hydrogen-bond donors (Lipinski definition) is 1. The number of fused-ring (bicyclic) bond motifs is 1. The van der Waals surface area contributed by atoms with Gasteiger partial charge in [0.1, 0.15) is 6.54 Å². The van der Waals surface area contributed by atoms with E-state index in [0.29, 0.717) is 17.9 Å². The Morgan fingerprint density at radius 3 is 2.79 bits per heavy atom. The lowest BCUT2D eigenvalue weighted by atomic mass is 10.2. The van der Waals surface area contributed by atoms with Crippen LogP contribution < -0.4 is 10.2 Å². The first kappa shape index (κ1) is 19.0. The number of benzene rings is 1. The number of thiophene rings is 2. The molecule has 0 radical (unpaired) electrons. The van der Waals surface area contributed by atoms with Crippen molar-refractivity contribution >= 4 is 67.5 Å². The lowest BCUT2D eigenvalue weighted by Gasteiger charge is -2.21. The van der Waals surface area contributed by atoms with Crippen molar-refractivity contribution in [2.75, 3.05) is 11.4 Å². The van der Waals surface area contributed by atoms with Gasteiger partial charge >= 0.3 is 0 Å². The number of aliphatic imine (C=N–C) groups is 1. The molecule has 0 spiro atoms. The number of anilines is 1. The summed E-state index contributed by atoms with van der Waals surface area (Å²) in [5.74, 6) is -0.335. The number of amides is 2. The van der Waals surface area contributed by atoms with Gasteiger partial charge in [-0.1, -0.05) is 18.2 Å². The van der Waals surface area contributed by atoms with Crippen LogP contribution in [0.2, 0.25) is 0 Å². The van der Waals surface area contributed by atoms with Crippen molar-refractivity contribution in [3.63, 3.8) is 0 Å². The highest BCUT2D eigenvalue weighted by Gasteiger charge is 2.27. The molecule has 5 nitrogen and oxygen atoms in total. The Morgan fingerprint density at radius 1 is 1.18 bits per heavy atom. The third-order valence-corrected chi connectivity index (χ3v) is 6.80. The van der Waals surface area contributed by atoms with Crippen LogP contribution in [0.4, 0.5) is 11.4 Å². The number of hydrogen-bond acceptors (Lipinski definition) is 5. The summed E-state index contributed by atoms with van der Waals surface area (Å²) in [5.41, 5.74) is 2.07. The number of carbonyl (C=O) groups is 2. The Hall–Kier alpha value is -2.29. The molecule has 0 unspecified atom stereocenters. The molecule has 3 aromatic rings. The highest BCUT2D eigenvalue weighted by Crippen LogP contribution is 2.34. The van der Waals surface area contributed by atoms with Crippen LogP contribution in [0.1, 0.15) is 16.2 Å². The zero-order valence-corrected chi connectivity index (χ0v) is 17.9. The van der Waals surface area contributed by atoms with Gasteiger partial charge in [0.05, 0.1) is 38.7 Å². The SMILES string of the molecule is O=C(CN1C(=O)CC(c2ccc(Br)s2)=Nc2ccccc21)NCc1cccs1. The summed E-state index contributed by atoms with van der Waals surface area (Å²) in [6.45, 7) is 0.434. The molecule has 0 aliphatic carbocycles. The maximum atomic E-state index is 13.0. The molecule has 142 valence electrons. The molecule has 0 fully saturated rings. The molecule has 0 saturated heterocycles. The van der Waals surface area contributed by atoms with Crippen LogP contribution in [0.15, 0.2) is 62.7 Å². The van der Waals surface area contributed by atoms with E-state index in [1.165, 1.54) is 16.2 Å². The second-order valence-corrected chi connectivity index (χ2v) is 9.66. The molecule has 1 N–H and O–H groups in total. The zero-order valence-electron chi connectivity index (χ0n) is 14.7. The maximum Gasteiger partial charge on any atom is 0.240 e. The normalized spacial score (nSPS) is 13.7. The number of nitrogens with one attached hydrogen (secondary N) is 1. The molecule has 0 saturated carbocycles. The lowest BCUT2D eigenvalue weighted by molar-refractivity contribution is -0.123. The van der Waals surface area contributed by atoms with Gasteiger partial charge in [-0.2, -0.15) is 0 Å². The van der Waals surface area contributed by atoms with Crippen molar-refractivity contribution in [1.29, 1.82) is 0 Å². The summed E-state index contributed by atoms with van der Waals surface area (Å²) in [4.78, 5) is 33.8. The van der Waals surface area contributed by atoms with E-state index < -0.39 is 0 Å². The highest BCUT2D eigenvalue weighted by molar-refractivity contribution is 9.11. The monoisotopic (exact) mass is 473 g/mol. The van der Waals surface area contributed by atoms with Crippen molar-refractivity contribution in [3.8, 4) is 0 Å². The average molecular weight is 474 g/mol. The molecule has 0 bridgehead atoms. The fraction of sp³-hybridized carbons (Fsp3) is 0.150. The van der Waals surface area contributed by atoms with E-state index in [9.17, 15) is 9.59 Å². The van der Waals surface area contributed by atoms with E-state index >= 15 is 0 Å². The molecule has 2 amide bonds. The minimum absolute atomic E-state index is 0.0296. The summed E-state index contributed by atoms with van der Waals surface area (Å²) < 4.78 is 0.986. The standard InChI is InChI=1S/C20H16BrN3O2S2/c21-18-8-7-17(28-18)15-10-20(26)24(16-6-2-1-5-14(16)23-15)12-19(25)22-11-13-4-3-9-27-13/h1-9H,10-12H2,(H,22,25). The van der Waals surface area contributed by atoms with E-state index in [1.807, 2.05) is 53.9 Å². The second-order valence-electron chi connectivity index (χ2n) is 6.16. The molecule has 3 heterocycles. The predicted molar refractivity (Wildman–Crippen MR) is 118 cm³/mol. The van der Waals surface area contributed by atoms with Gasteiger partial charge < -0.3 is 10.2 Å². The predicted octanol–water partition coefficient (Wildman–Crippen LogP) is 4.75. The second kappa shape index (κ2) is 8.38. The van der Waals surface area contributed by atoms with Crippen LogP contribution in [-0.4, -0.2) is 24.1 Å². The molecule has 1 aliphatic rings. The van der Waals surface area contributed by atoms with Crippen molar-refractivity contribution in [1.82, 2.24) is 5.32 Å². The Kier molecular flexibility index (Phi) is 5.70. The van der Waals surface area contributed by atoms with Gasteiger partial charge in [0.15, 0.2) is 0 Å². The molecule has 1 aliphatic heterocycles. The summed E-state index contributed by atoms with van der Waals surface area (Å²) in [6, 6.07) is 15.2. The van der Waals surface area contributed by atoms with Gasteiger partial charge in [0, 0.05) is 4.88 Å². The molecule has 28 heavy (non-hydrogen) atoms. The van der Waals surface area contributed by atoms with Crippen LogP contribution in [0.3, 0.4) is 0 Å². The van der Waals surface area contributed by atoms with Gasteiger partial charge in [-0.05, 0) is 51.6 Å². The quantitative estimate of drug-likeness (QED) is 0.581. The first-order chi connectivity index (χ1) is 13.6. The maximum absolute atomic E-state index is 13.0. The Morgan fingerprint density at radius 2 is 2.04 bits per heavy atom. The van der Waals surface area contributed by atoms with Gasteiger partial charge in [-0.3, -0.25) is 9.59 Å². The number of nitrogens with zero attached hydrogens (tertiary/aromatic N) is 2. The Labute approximate surface area is 178 Å². The molecule has 8 heteroatoms. The van der Waals surface area contributed by atoms with Crippen LogP contribution in [0, 0.1) is 0 Å². The van der Waals surface area contributed by atoms with Crippen LogP contribution >= 0.6 is 38.6 Å². The topological polar surface area (TPSA) is 61.8 Å². The van der Waals surface area contributed by atoms with Crippen LogP contribution in [0.25, 0.3) is 0 Å². The molecule has 0 atom stereocenters. The first-order valence-corrected chi connectivity index (χ1v) is 11.1. The molecule has 2 aromatic heterocycles. The van der Waals surface area contributed by atoms with Crippen LogP contribution in [0.5, 0.6) is 0 Å². The van der Waals surface area contributed by atoms with Gasteiger partial charge in [0.2, 0.25) is 11.8 Å². The Bertz CT molecular complexity index is 1040. The van der Waals surface area contributed by atoms with E-state index in [4.69, 9.17) is 4.99 Å². The fourth-order valence-corrected chi connectivity index (χ4v) is 4.95. The number of carbonyl (C=O) groups excluding carboxylic acids is 2. The minimum atomic E-state index is -0.195. The summed E-state index contributed by atoms with van der Waals surface area (Å²) in [6.07, 6.45) is 0.153. The minimum Gasteiger partial charge on any atom is -0.350 e. The number of rotatable bonds is 5. The Balaban J connectivity index is 1.56. The highest BCUT2D eigenvalue weighted by atomic mass is 79.9. The summed E-state index contributed by atoms with van der Waals surface area (Å²) >= 11 is 6.59. The van der Waals surface area contributed by atoms with Crippen molar-refractivity contribution in [2.45, 2.75) is 13.0 Å². The number of para-hydroxylation sites is 2. The van der Waals surface area contributed by atoms with E-state index in [0.717, 1.165) is 19.3 Å². The average Bonchev–Trinajstić information content (AvgIpc) is 3.33. The first-order valence-electron chi connectivity index (χ1n) is 8.62. The van der Waals surface area contributed by atoms with E-state index in [1.54, 1.807) is 11.3 Å². The molecular weight excluding hydrogens is 458 g/mol. The van der Waals surface area contributed by atoms with E-state index in [2.05, 4.69) is 21.2 Å². The number of halogens is 1. The van der Waals surface area contributed by atoms with Crippen molar-refractivity contribution < 1.29 is 9.59 Å². The van der Waals surface area contributed by atoms with Crippen LogP contribution in [-0.2, 0) is 16.1 Å². The molecule has 1 aromatic carbocycles. The van der Waals surface area contributed by atoms with Gasteiger partial charge in [-0.15, -0.1) is 22.7 Å². The smallest absolute Gasteiger partial charge is 0.240 e. The van der Waals surface area contributed by atoms with Crippen molar-refractivity contribution in [3.05, 3.63) is 67.5 Å². The van der Waals surface area contributed by atoms with Crippen molar-refractivity contribution in [2.24, 2.45) is 4.99 Å². The van der Waals surface area contributed by atoms with Gasteiger partial charge in [-0.25, -0.2) is 4.99 Å². The fourth-order valence-electron chi connectivity index (χ4n) is 2.93.